The molecule has 0 fully saturated rings. The Morgan fingerprint density at radius 2 is 1.33 bits per heavy atom. The predicted octanol–water partition coefficient (Wildman–Crippen LogP) is 0.351. The summed E-state index contributed by atoms with van der Waals surface area (Å²) in [5.41, 5.74) is 0. The zero-order valence-electron chi connectivity index (χ0n) is 10.6. The molecule has 110 valence electrons. The first-order chi connectivity index (χ1) is 8.19. The van der Waals surface area contributed by atoms with Crippen LogP contribution in [0.25, 0.3) is 0 Å². The molecule has 0 bridgehead atoms. The molecule has 0 rings (SSSR count). The molecular weight excluding hydrogens is 280 g/mol. The van der Waals surface area contributed by atoms with E-state index in [9.17, 15) is 0 Å². The molecule has 7 N–H and O–H groups in total. The lowest BCUT2D eigenvalue weighted by Gasteiger charge is -2.17. The summed E-state index contributed by atoms with van der Waals surface area (Å²) in [5, 5.41) is 1.05. The van der Waals surface area contributed by atoms with E-state index in [0.717, 1.165) is 25.7 Å². The minimum atomic E-state index is -4.48. The van der Waals surface area contributed by atoms with Gasteiger partial charge >= 0.3 is 21.3 Å². The molecule has 0 aromatic carbocycles. The molecule has 0 aliphatic carbocycles. The fourth-order valence-corrected chi connectivity index (χ4v) is 3.95. The first kappa shape index (κ1) is 18.6. The van der Waals surface area contributed by atoms with Crippen LogP contribution in [0.15, 0.2) is 0 Å². The molecule has 0 saturated carbocycles. The predicted molar refractivity (Wildman–Crippen MR) is 72.6 cm³/mol. The van der Waals surface area contributed by atoms with Gasteiger partial charge in [0.2, 0.25) is 0 Å². The second-order valence-electron chi connectivity index (χ2n) is 4.33. The van der Waals surface area contributed by atoms with Crippen molar-refractivity contribution in [2.75, 3.05) is 13.1 Å². The van der Waals surface area contributed by atoms with Gasteiger partial charge in [-0.25, -0.2) is 0 Å². The summed E-state index contributed by atoms with van der Waals surface area (Å²) in [4.78, 5) is 54.1. The van der Waals surface area contributed by atoms with Crippen LogP contribution in [0, 0.1) is 0 Å². The topological polar surface area (TPSA) is 133 Å². The van der Waals surface area contributed by atoms with Gasteiger partial charge in [-0.2, -0.15) is 29.4 Å². The molecule has 7 nitrogen and oxygen atoms in total. The summed E-state index contributed by atoms with van der Waals surface area (Å²) in [7, 11) is -8.95. The maximum absolute atomic E-state index is 9.02. The van der Waals surface area contributed by atoms with Crippen LogP contribution in [0.2, 0.25) is 0 Å². The highest BCUT2D eigenvalue weighted by Gasteiger charge is 2.63. The van der Waals surface area contributed by atoms with E-state index >= 15 is 0 Å². The normalized spacial score (nSPS) is 13.3. The Kier molecular flexibility index (Phi) is 8.97. The van der Waals surface area contributed by atoms with Gasteiger partial charge in [-0.3, -0.25) is 0 Å². The zero-order chi connectivity index (χ0) is 14.2. The fraction of sp³-hybridized carbons (Fsp3) is 1.00. The summed E-state index contributed by atoms with van der Waals surface area (Å²) in [6, 6.07) is 0. The molecule has 0 spiro atoms. The molecule has 0 aliphatic heterocycles. The van der Waals surface area contributed by atoms with Crippen molar-refractivity contribution in [1.82, 2.24) is 5.32 Å². The van der Waals surface area contributed by atoms with E-state index in [0.29, 0.717) is 6.54 Å². The van der Waals surface area contributed by atoms with Crippen molar-refractivity contribution >= 4 is 15.9 Å². The Morgan fingerprint density at radius 1 is 0.833 bits per heavy atom. The summed E-state index contributed by atoms with van der Waals surface area (Å²) < 4.78 is 0. The first-order valence-corrected chi connectivity index (χ1v) is 9.47. The van der Waals surface area contributed by atoms with Gasteiger partial charge in [-0.05, 0) is 13.0 Å². The van der Waals surface area contributed by atoms with Crippen LogP contribution in [-0.4, -0.2) is 47.9 Å². The molecule has 0 aliphatic rings. The summed E-state index contributed by atoms with van der Waals surface area (Å²) in [6.45, 7) is 2.42. The van der Waals surface area contributed by atoms with Crippen LogP contribution in [0.1, 0.15) is 39.0 Å². The van der Waals surface area contributed by atoms with Gasteiger partial charge in [0.25, 0.3) is 0 Å². The van der Waals surface area contributed by atoms with Crippen LogP contribution in [-0.2, 0) is 0 Å². The van der Waals surface area contributed by atoms with Crippen molar-refractivity contribution in [1.29, 1.82) is 0 Å². The van der Waals surface area contributed by atoms with Crippen LogP contribution in [0.4, 0.5) is 0 Å². The first-order valence-electron chi connectivity index (χ1n) is 6.04. The van der Waals surface area contributed by atoms with Gasteiger partial charge in [0.1, 0.15) is 0 Å². The number of unbranched alkanes of at least 4 members (excludes halogenated alkanes) is 4. The van der Waals surface area contributed by atoms with E-state index in [1.165, 1.54) is 6.42 Å². The number of hydrogen-bond donors (Lipinski definition) is 7. The van der Waals surface area contributed by atoms with Gasteiger partial charge in [0, 0.05) is 0 Å². The van der Waals surface area contributed by atoms with Crippen LogP contribution < -0.4 is 5.32 Å². The molecule has 0 aromatic rings. The van der Waals surface area contributed by atoms with Crippen LogP contribution >= 0.6 is 15.9 Å². The van der Waals surface area contributed by atoms with E-state index in [4.69, 9.17) is 29.4 Å². The van der Waals surface area contributed by atoms with Crippen molar-refractivity contribution in [2.45, 2.75) is 44.4 Å². The Labute approximate surface area is 109 Å². The minimum Gasteiger partial charge on any atom is -0.309 e. The second-order valence-corrected chi connectivity index (χ2v) is 8.44. The fourth-order valence-electron chi connectivity index (χ4n) is 1.54. The number of nitrogens with one attached hydrogen (secondary N) is 1. The van der Waals surface area contributed by atoms with Crippen molar-refractivity contribution < 1.29 is 29.4 Å². The summed E-state index contributed by atoms with van der Waals surface area (Å²) in [5.74, 6) is 0. The highest BCUT2D eigenvalue weighted by molar-refractivity contribution is 7.77. The lowest BCUT2D eigenvalue weighted by atomic mass is 10.1. The van der Waals surface area contributed by atoms with Crippen molar-refractivity contribution in [2.24, 2.45) is 0 Å². The van der Waals surface area contributed by atoms with E-state index in [2.05, 4.69) is 12.2 Å². The van der Waals surface area contributed by atoms with E-state index < -0.39 is 21.3 Å². The highest BCUT2D eigenvalue weighted by Crippen LogP contribution is 2.68. The van der Waals surface area contributed by atoms with Gasteiger partial charge in [0.15, 0.2) is 0 Å². The quantitative estimate of drug-likeness (QED) is 0.229. The summed E-state index contributed by atoms with van der Waals surface area (Å²) >= 11 is 0. The third-order valence-corrected chi connectivity index (χ3v) is 6.41. The third kappa shape index (κ3) is 8.64. The van der Waals surface area contributed by atoms with E-state index in [1.54, 1.807) is 0 Å². The van der Waals surface area contributed by atoms with Gasteiger partial charge in [0.05, 0.1) is 6.54 Å². The molecular formula is C9H25NO6P2+2. The maximum atomic E-state index is 9.02. The second kappa shape index (κ2) is 8.69. The number of rotatable bonds is 10. The van der Waals surface area contributed by atoms with Gasteiger partial charge in [-0.15, -0.1) is 0 Å². The largest absolute Gasteiger partial charge is 0.456 e. The molecule has 0 radical (unpaired) electrons. The lowest BCUT2D eigenvalue weighted by Crippen LogP contribution is -2.31. The molecule has 0 atom stereocenters. The molecule has 18 heavy (non-hydrogen) atoms. The Hall–Kier alpha value is 0.580. The third-order valence-electron chi connectivity index (χ3n) is 2.58. The lowest BCUT2D eigenvalue weighted by molar-refractivity contribution is 0.289. The molecule has 9 heteroatoms. The monoisotopic (exact) mass is 305 g/mol. The van der Waals surface area contributed by atoms with Crippen molar-refractivity contribution in [3.8, 4) is 0 Å². The van der Waals surface area contributed by atoms with Crippen LogP contribution in [0.5, 0.6) is 0 Å². The van der Waals surface area contributed by atoms with E-state index in [1.807, 2.05) is 0 Å². The standard InChI is InChI=1S/C9H25NO6P2/c1-2-3-4-5-6-7-10-8-9(17(11,12)13)18(14,15)16/h9-16H,2-8H2,1H3/q+2. The van der Waals surface area contributed by atoms with Gasteiger partial charge in [-0.1, -0.05) is 32.6 Å². The van der Waals surface area contributed by atoms with E-state index in [-0.39, 0.29) is 6.54 Å². The molecule has 0 heterocycles. The number of hydrogen-bond acceptors (Lipinski definition) is 7. The maximum Gasteiger partial charge on any atom is 0.456 e. The smallest absolute Gasteiger partial charge is 0.309 e. The summed E-state index contributed by atoms with van der Waals surface area (Å²) in [6.07, 6.45) is 5.33. The average Bonchev–Trinajstić information content (AvgIpc) is 2.18. The average molecular weight is 305 g/mol. The Balaban J connectivity index is 3.86. The Morgan fingerprint density at radius 3 is 1.78 bits per heavy atom. The van der Waals surface area contributed by atoms with Crippen molar-refractivity contribution in [3.05, 3.63) is 0 Å². The molecule has 0 amide bonds. The SMILES string of the molecule is CCCCCCCNCC([P+](O)(O)O)[P+](O)(O)O. The molecule has 0 saturated heterocycles. The minimum absolute atomic E-state index is 0.248. The Bertz CT molecular complexity index is 204. The van der Waals surface area contributed by atoms with Crippen LogP contribution in [0.3, 0.4) is 0 Å². The van der Waals surface area contributed by atoms with Crippen molar-refractivity contribution in [3.63, 3.8) is 0 Å². The van der Waals surface area contributed by atoms with Gasteiger partial charge < -0.3 is 5.32 Å². The zero-order valence-corrected chi connectivity index (χ0v) is 12.4. The highest BCUT2D eigenvalue weighted by atomic mass is 31.3. The molecule has 0 unspecified atom stereocenters. The molecule has 0 aromatic heterocycles.